The standard InChI is InChI=1S/C11H15N5/c1-9-6-12-11(13-7-9)15-10(2)8-16-5-3-4-14-16/h3-7,10H,8H2,1-2H3,(H,12,13,15). The molecule has 84 valence electrons. The molecule has 1 unspecified atom stereocenters. The maximum Gasteiger partial charge on any atom is 0.222 e. The molecule has 0 bridgehead atoms. The van der Waals surface area contributed by atoms with Crippen molar-refractivity contribution in [2.75, 3.05) is 5.32 Å². The molecule has 2 aromatic rings. The van der Waals surface area contributed by atoms with Crippen LogP contribution >= 0.6 is 0 Å². The molecule has 0 fully saturated rings. The number of aryl methyl sites for hydroxylation is 1. The second-order valence-corrected chi connectivity index (χ2v) is 3.86. The van der Waals surface area contributed by atoms with Crippen LogP contribution in [0.3, 0.4) is 0 Å². The molecule has 0 saturated carbocycles. The normalized spacial score (nSPS) is 12.4. The number of aromatic nitrogens is 4. The van der Waals surface area contributed by atoms with E-state index >= 15 is 0 Å². The Kier molecular flexibility index (Phi) is 3.14. The maximum absolute atomic E-state index is 4.20. The van der Waals surface area contributed by atoms with E-state index in [2.05, 4.69) is 27.3 Å². The van der Waals surface area contributed by atoms with E-state index in [4.69, 9.17) is 0 Å². The van der Waals surface area contributed by atoms with Crippen LogP contribution in [0, 0.1) is 6.92 Å². The molecule has 2 aromatic heterocycles. The van der Waals surface area contributed by atoms with Gasteiger partial charge in [0, 0.05) is 30.8 Å². The number of hydrogen-bond donors (Lipinski definition) is 1. The third kappa shape index (κ3) is 2.79. The molecular formula is C11H15N5. The summed E-state index contributed by atoms with van der Waals surface area (Å²) < 4.78 is 1.88. The Balaban J connectivity index is 1.92. The molecule has 1 atom stereocenters. The predicted octanol–water partition coefficient (Wildman–Crippen LogP) is 1.48. The molecule has 1 N–H and O–H groups in total. The number of nitrogens with zero attached hydrogens (tertiary/aromatic N) is 4. The number of rotatable bonds is 4. The fourth-order valence-corrected chi connectivity index (χ4v) is 1.42. The molecule has 5 nitrogen and oxygen atoms in total. The Morgan fingerprint density at radius 1 is 1.38 bits per heavy atom. The smallest absolute Gasteiger partial charge is 0.222 e. The topological polar surface area (TPSA) is 55.6 Å². The van der Waals surface area contributed by atoms with E-state index in [-0.39, 0.29) is 6.04 Å². The summed E-state index contributed by atoms with van der Waals surface area (Å²) in [5, 5.41) is 7.37. The highest BCUT2D eigenvalue weighted by Crippen LogP contribution is 2.02. The van der Waals surface area contributed by atoms with Crippen molar-refractivity contribution in [3.8, 4) is 0 Å². The van der Waals surface area contributed by atoms with Gasteiger partial charge in [0.25, 0.3) is 0 Å². The summed E-state index contributed by atoms with van der Waals surface area (Å²) in [5.74, 6) is 0.658. The molecule has 0 aliphatic rings. The molecule has 0 radical (unpaired) electrons. The summed E-state index contributed by atoms with van der Waals surface area (Å²) in [4.78, 5) is 8.39. The molecule has 2 heterocycles. The molecule has 0 aliphatic heterocycles. The van der Waals surface area contributed by atoms with Gasteiger partial charge in [0.2, 0.25) is 5.95 Å². The minimum atomic E-state index is 0.239. The maximum atomic E-state index is 4.20. The zero-order valence-electron chi connectivity index (χ0n) is 9.46. The summed E-state index contributed by atoms with van der Waals surface area (Å²) in [5.41, 5.74) is 1.06. The summed E-state index contributed by atoms with van der Waals surface area (Å²) >= 11 is 0. The molecule has 16 heavy (non-hydrogen) atoms. The monoisotopic (exact) mass is 217 g/mol. The van der Waals surface area contributed by atoms with Crippen molar-refractivity contribution in [1.29, 1.82) is 0 Å². The van der Waals surface area contributed by atoms with Crippen LogP contribution in [0.25, 0.3) is 0 Å². The largest absolute Gasteiger partial charge is 0.350 e. The second-order valence-electron chi connectivity index (χ2n) is 3.86. The SMILES string of the molecule is Cc1cnc(NC(C)Cn2cccn2)nc1. The lowest BCUT2D eigenvalue weighted by molar-refractivity contribution is 0.558. The van der Waals surface area contributed by atoms with Gasteiger partial charge in [-0.2, -0.15) is 5.10 Å². The quantitative estimate of drug-likeness (QED) is 0.842. The Morgan fingerprint density at radius 3 is 2.75 bits per heavy atom. The van der Waals surface area contributed by atoms with E-state index in [1.165, 1.54) is 0 Å². The molecule has 0 saturated heterocycles. The Hall–Kier alpha value is -1.91. The van der Waals surface area contributed by atoms with Crippen LogP contribution in [-0.4, -0.2) is 25.8 Å². The van der Waals surface area contributed by atoms with Crippen molar-refractivity contribution in [3.05, 3.63) is 36.4 Å². The van der Waals surface area contributed by atoms with E-state index in [0.717, 1.165) is 12.1 Å². The number of nitrogens with one attached hydrogen (secondary N) is 1. The first-order valence-corrected chi connectivity index (χ1v) is 5.26. The van der Waals surface area contributed by atoms with Gasteiger partial charge in [-0.25, -0.2) is 9.97 Å². The van der Waals surface area contributed by atoms with Crippen LogP contribution < -0.4 is 5.32 Å². The number of anilines is 1. The van der Waals surface area contributed by atoms with E-state index in [1.807, 2.05) is 23.9 Å². The van der Waals surface area contributed by atoms with Crippen LogP contribution in [0.1, 0.15) is 12.5 Å². The summed E-state index contributed by atoms with van der Waals surface area (Å²) in [6.45, 7) is 4.84. The van der Waals surface area contributed by atoms with Crippen molar-refractivity contribution < 1.29 is 0 Å². The van der Waals surface area contributed by atoms with Gasteiger partial charge < -0.3 is 5.32 Å². The Bertz CT molecular complexity index is 420. The van der Waals surface area contributed by atoms with Crippen molar-refractivity contribution >= 4 is 5.95 Å². The van der Waals surface area contributed by atoms with Crippen LogP contribution in [-0.2, 0) is 6.54 Å². The van der Waals surface area contributed by atoms with Crippen LogP contribution in [0.5, 0.6) is 0 Å². The summed E-state index contributed by atoms with van der Waals surface area (Å²) in [6.07, 6.45) is 7.31. The van der Waals surface area contributed by atoms with Gasteiger partial charge in [-0.05, 0) is 25.5 Å². The molecule has 0 spiro atoms. The van der Waals surface area contributed by atoms with E-state index in [1.54, 1.807) is 18.6 Å². The second kappa shape index (κ2) is 4.74. The van der Waals surface area contributed by atoms with Gasteiger partial charge >= 0.3 is 0 Å². The minimum absolute atomic E-state index is 0.239. The van der Waals surface area contributed by atoms with Gasteiger partial charge in [0.1, 0.15) is 0 Å². The lowest BCUT2D eigenvalue weighted by Gasteiger charge is -2.13. The van der Waals surface area contributed by atoms with Crippen LogP contribution in [0.15, 0.2) is 30.9 Å². The van der Waals surface area contributed by atoms with E-state index < -0.39 is 0 Å². The van der Waals surface area contributed by atoms with Gasteiger partial charge in [-0.15, -0.1) is 0 Å². The first-order chi connectivity index (χ1) is 7.74. The minimum Gasteiger partial charge on any atom is -0.350 e. The lowest BCUT2D eigenvalue weighted by atomic mass is 10.3. The predicted molar refractivity (Wildman–Crippen MR) is 62.1 cm³/mol. The first-order valence-electron chi connectivity index (χ1n) is 5.26. The zero-order chi connectivity index (χ0) is 11.4. The van der Waals surface area contributed by atoms with Crippen LogP contribution in [0.2, 0.25) is 0 Å². The fourth-order valence-electron chi connectivity index (χ4n) is 1.42. The van der Waals surface area contributed by atoms with Crippen LogP contribution in [0.4, 0.5) is 5.95 Å². The average Bonchev–Trinajstić information content (AvgIpc) is 2.74. The highest BCUT2D eigenvalue weighted by atomic mass is 15.3. The van der Waals surface area contributed by atoms with Gasteiger partial charge in [-0.3, -0.25) is 4.68 Å². The van der Waals surface area contributed by atoms with Gasteiger partial charge in [0.15, 0.2) is 0 Å². The Morgan fingerprint density at radius 2 is 2.12 bits per heavy atom. The lowest BCUT2D eigenvalue weighted by Crippen LogP contribution is -2.23. The van der Waals surface area contributed by atoms with E-state index in [0.29, 0.717) is 5.95 Å². The number of hydrogen-bond acceptors (Lipinski definition) is 4. The average molecular weight is 217 g/mol. The van der Waals surface area contributed by atoms with Gasteiger partial charge in [0.05, 0.1) is 6.54 Å². The third-order valence-electron chi connectivity index (χ3n) is 2.18. The summed E-state index contributed by atoms with van der Waals surface area (Å²) in [7, 11) is 0. The zero-order valence-corrected chi connectivity index (χ0v) is 9.46. The Labute approximate surface area is 94.5 Å². The van der Waals surface area contributed by atoms with Gasteiger partial charge in [-0.1, -0.05) is 0 Å². The fraction of sp³-hybridized carbons (Fsp3) is 0.364. The molecule has 2 rings (SSSR count). The molecule has 0 aliphatic carbocycles. The molecule has 5 heteroatoms. The van der Waals surface area contributed by atoms with Crippen molar-refractivity contribution in [1.82, 2.24) is 19.7 Å². The first kappa shape index (κ1) is 10.6. The van der Waals surface area contributed by atoms with Crippen molar-refractivity contribution in [2.45, 2.75) is 26.4 Å². The molecule has 0 amide bonds. The molecule has 0 aromatic carbocycles. The molecular weight excluding hydrogens is 202 g/mol. The highest BCUT2D eigenvalue weighted by Gasteiger charge is 2.04. The highest BCUT2D eigenvalue weighted by molar-refractivity contribution is 5.25. The van der Waals surface area contributed by atoms with Crippen molar-refractivity contribution in [2.24, 2.45) is 0 Å². The summed E-state index contributed by atoms with van der Waals surface area (Å²) in [6, 6.07) is 2.15. The third-order valence-corrected chi connectivity index (χ3v) is 2.18. The van der Waals surface area contributed by atoms with E-state index in [9.17, 15) is 0 Å². The van der Waals surface area contributed by atoms with Crippen molar-refractivity contribution in [3.63, 3.8) is 0 Å².